The van der Waals surface area contributed by atoms with Crippen molar-refractivity contribution in [1.29, 1.82) is 0 Å². The van der Waals surface area contributed by atoms with Gasteiger partial charge in [-0.25, -0.2) is 4.79 Å². The molecule has 2 rings (SSSR count). The van der Waals surface area contributed by atoms with E-state index in [1.165, 1.54) is 6.08 Å². The van der Waals surface area contributed by atoms with Gasteiger partial charge in [0.2, 0.25) is 12.0 Å². The lowest BCUT2D eigenvalue weighted by molar-refractivity contribution is -0.175. The first kappa shape index (κ1) is 20.8. The van der Waals surface area contributed by atoms with Gasteiger partial charge in [-0.05, 0) is 43.5 Å². The smallest absolute Gasteiger partial charge is 0.373 e. The zero-order chi connectivity index (χ0) is 19.6. The number of aliphatic hydroxyl groups excluding tert-OH is 1. The second-order valence-corrected chi connectivity index (χ2v) is 6.18. The number of aliphatic hydroxyl groups is 1. The fraction of sp³-hybridized carbons (Fsp3) is 0.409. The highest BCUT2D eigenvalue weighted by molar-refractivity contribution is 5.86. The van der Waals surface area contributed by atoms with Crippen LogP contribution in [0, 0.1) is 18.3 Å². The molecule has 3 atom stereocenters. The summed E-state index contributed by atoms with van der Waals surface area (Å²) in [6, 6.07) is 7.63. The molecule has 1 heterocycles. The van der Waals surface area contributed by atoms with E-state index in [1.807, 2.05) is 31.2 Å². The Kier molecular flexibility index (Phi) is 8.12. The maximum atomic E-state index is 12.3. The van der Waals surface area contributed by atoms with Gasteiger partial charge in [-0.15, -0.1) is 6.42 Å². The second-order valence-electron chi connectivity index (χ2n) is 6.18. The molecule has 0 amide bonds. The maximum absolute atomic E-state index is 12.3. The molecule has 5 nitrogen and oxygen atoms in total. The van der Waals surface area contributed by atoms with Crippen molar-refractivity contribution in [2.45, 2.75) is 32.0 Å². The van der Waals surface area contributed by atoms with Gasteiger partial charge in [0.05, 0.1) is 0 Å². The van der Waals surface area contributed by atoms with Crippen molar-refractivity contribution in [3.8, 4) is 12.3 Å². The molecular formula is C22H26O5. The summed E-state index contributed by atoms with van der Waals surface area (Å²) in [5, 5.41) is 9.27. The van der Waals surface area contributed by atoms with Gasteiger partial charge in [0.25, 0.3) is 0 Å². The molecule has 1 aliphatic heterocycles. The minimum absolute atomic E-state index is 0.0512. The monoisotopic (exact) mass is 370 g/mol. The Morgan fingerprint density at radius 2 is 2.15 bits per heavy atom. The molecule has 0 spiro atoms. The lowest BCUT2D eigenvalue weighted by Gasteiger charge is -2.36. The quantitative estimate of drug-likeness (QED) is 0.411. The molecule has 5 heteroatoms. The van der Waals surface area contributed by atoms with Gasteiger partial charge in [-0.3, -0.25) is 0 Å². The van der Waals surface area contributed by atoms with E-state index in [0.717, 1.165) is 11.1 Å². The molecule has 1 aromatic carbocycles. The number of benzene rings is 1. The van der Waals surface area contributed by atoms with Gasteiger partial charge < -0.3 is 19.3 Å². The van der Waals surface area contributed by atoms with Crippen LogP contribution in [0.2, 0.25) is 0 Å². The number of allylic oxidation sites excluding steroid dienone is 1. The number of terminal acetylenes is 1. The number of esters is 1. The average molecular weight is 370 g/mol. The third-order valence-electron chi connectivity index (χ3n) is 4.41. The van der Waals surface area contributed by atoms with Crippen LogP contribution in [-0.2, 0) is 19.0 Å². The van der Waals surface area contributed by atoms with Crippen LogP contribution < -0.4 is 0 Å². The molecule has 1 aromatic rings. The summed E-state index contributed by atoms with van der Waals surface area (Å²) in [5.74, 6) is 2.00. The van der Waals surface area contributed by atoms with Crippen LogP contribution in [0.1, 0.15) is 36.8 Å². The fourth-order valence-electron chi connectivity index (χ4n) is 3.14. The van der Waals surface area contributed by atoms with Gasteiger partial charge in [0, 0.05) is 30.6 Å². The Labute approximate surface area is 160 Å². The van der Waals surface area contributed by atoms with Crippen LogP contribution in [0.3, 0.4) is 0 Å². The van der Waals surface area contributed by atoms with E-state index >= 15 is 0 Å². The van der Waals surface area contributed by atoms with Crippen LogP contribution in [0.4, 0.5) is 0 Å². The van der Waals surface area contributed by atoms with Crippen LogP contribution in [0.15, 0.2) is 48.8 Å². The van der Waals surface area contributed by atoms with Gasteiger partial charge in [-0.2, -0.15) is 0 Å². The molecule has 0 fully saturated rings. The molecule has 0 aliphatic carbocycles. The highest BCUT2D eigenvalue weighted by Crippen LogP contribution is 2.39. The zero-order valence-corrected chi connectivity index (χ0v) is 15.6. The minimum Gasteiger partial charge on any atom is -0.457 e. The summed E-state index contributed by atoms with van der Waals surface area (Å²) < 4.78 is 16.7. The molecule has 0 saturated heterocycles. The van der Waals surface area contributed by atoms with Crippen molar-refractivity contribution in [3.05, 3.63) is 59.9 Å². The summed E-state index contributed by atoms with van der Waals surface area (Å²) >= 11 is 0. The normalized spacial score (nSPS) is 21.5. The van der Waals surface area contributed by atoms with Gasteiger partial charge in [0.1, 0.15) is 6.61 Å². The minimum atomic E-state index is -0.602. The van der Waals surface area contributed by atoms with Crippen LogP contribution in [0.5, 0.6) is 0 Å². The SMILES string of the molecule is C#Cc1ccc([C@H]2C=C(C(=O)OCC=C)O[C@@H](OCC)[C@@H]2CCCO)cc1. The van der Waals surface area contributed by atoms with Crippen LogP contribution in [0.25, 0.3) is 0 Å². The molecule has 1 N–H and O–H groups in total. The second kappa shape index (κ2) is 10.6. The summed E-state index contributed by atoms with van der Waals surface area (Å²) in [6.07, 6.45) is 9.41. The molecule has 0 saturated carbocycles. The largest absolute Gasteiger partial charge is 0.457 e. The van der Waals surface area contributed by atoms with E-state index in [1.54, 1.807) is 6.08 Å². The molecule has 144 valence electrons. The van der Waals surface area contributed by atoms with Crippen LogP contribution >= 0.6 is 0 Å². The molecule has 1 aliphatic rings. The lowest BCUT2D eigenvalue weighted by Crippen LogP contribution is -2.36. The number of hydrogen-bond donors (Lipinski definition) is 1. The topological polar surface area (TPSA) is 65.0 Å². The Morgan fingerprint density at radius 1 is 1.41 bits per heavy atom. The summed E-state index contributed by atoms with van der Waals surface area (Å²) in [4.78, 5) is 12.3. The van der Waals surface area contributed by atoms with Crippen LogP contribution in [-0.4, -0.2) is 37.2 Å². The fourth-order valence-corrected chi connectivity index (χ4v) is 3.14. The summed E-state index contributed by atoms with van der Waals surface area (Å²) in [7, 11) is 0. The first-order valence-corrected chi connectivity index (χ1v) is 9.10. The van der Waals surface area contributed by atoms with Crippen molar-refractivity contribution in [2.75, 3.05) is 19.8 Å². The molecule has 0 radical (unpaired) electrons. The van der Waals surface area contributed by atoms with E-state index in [9.17, 15) is 9.90 Å². The Hall–Kier alpha value is -2.55. The number of carbonyl (C=O) groups is 1. The maximum Gasteiger partial charge on any atom is 0.373 e. The van der Waals surface area contributed by atoms with Gasteiger partial charge in [0.15, 0.2) is 0 Å². The summed E-state index contributed by atoms with van der Waals surface area (Å²) in [6.45, 7) is 6.04. The number of rotatable bonds is 9. The van der Waals surface area contributed by atoms with Gasteiger partial charge >= 0.3 is 5.97 Å². The molecule has 0 aromatic heterocycles. The zero-order valence-electron chi connectivity index (χ0n) is 15.6. The first-order valence-electron chi connectivity index (χ1n) is 9.10. The number of ether oxygens (including phenoxy) is 3. The van der Waals surface area contributed by atoms with Crippen molar-refractivity contribution in [1.82, 2.24) is 0 Å². The first-order chi connectivity index (χ1) is 13.1. The predicted octanol–water partition coefficient (Wildman–Crippen LogP) is 3.15. The molecular weight excluding hydrogens is 344 g/mol. The number of hydrogen-bond acceptors (Lipinski definition) is 5. The third-order valence-corrected chi connectivity index (χ3v) is 4.41. The summed E-state index contributed by atoms with van der Waals surface area (Å²) in [5.41, 5.74) is 1.78. The Bertz CT molecular complexity index is 698. The van der Waals surface area contributed by atoms with E-state index in [-0.39, 0.29) is 30.8 Å². The van der Waals surface area contributed by atoms with Crippen molar-refractivity contribution < 1.29 is 24.1 Å². The highest BCUT2D eigenvalue weighted by Gasteiger charge is 2.38. The van der Waals surface area contributed by atoms with E-state index in [4.69, 9.17) is 20.6 Å². The van der Waals surface area contributed by atoms with Crippen molar-refractivity contribution in [3.63, 3.8) is 0 Å². The highest BCUT2D eigenvalue weighted by atomic mass is 16.7. The standard InChI is InChI=1S/C22H26O5/c1-4-14-26-21(24)20-15-19(17-11-9-16(5-2)10-12-17)18(8-7-13-23)22(27-20)25-6-3/h2,4,9-12,15,18-19,22-23H,1,6-8,13-14H2,3H3/t18-,19-,22-/m1/s1. The Balaban J connectivity index is 2.39. The van der Waals surface area contributed by atoms with E-state index in [0.29, 0.717) is 19.4 Å². The average Bonchev–Trinajstić information content (AvgIpc) is 2.70. The lowest BCUT2D eigenvalue weighted by atomic mass is 9.80. The van der Waals surface area contributed by atoms with Crippen molar-refractivity contribution >= 4 is 5.97 Å². The third kappa shape index (κ3) is 5.46. The van der Waals surface area contributed by atoms with E-state index < -0.39 is 12.3 Å². The Morgan fingerprint density at radius 3 is 2.74 bits per heavy atom. The molecule has 27 heavy (non-hydrogen) atoms. The van der Waals surface area contributed by atoms with Gasteiger partial charge in [-0.1, -0.05) is 30.7 Å². The molecule has 0 unspecified atom stereocenters. The number of carbonyl (C=O) groups excluding carboxylic acids is 1. The predicted molar refractivity (Wildman–Crippen MR) is 103 cm³/mol. The molecule has 0 bridgehead atoms. The van der Waals surface area contributed by atoms with E-state index in [2.05, 4.69) is 12.5 Å². The van der Waals surface area contributed by atoms with Crippen molar-refractivity contribution in [2.24, 2.45) is 5.92 Å².